The van der Waals surface area contributed by atoms with E-state index in [1.165, 1.54) is 19.3 Å². The van der Waals surface area contributed by atoms with Crippen molar-refractivity contribution in [2.45, 2.75) is 58.0 Å². The summed E-state index contributed by atoms with van der Waals surface area (Å²) in [5.74, 6) is -0.318. The first-order chi connectivity index (χ1) is 19.8. The Labute approximate surface area is 243 Å². The number of hydrogen-bond acceptors (Lipinski definition) is 4. The van der Waals surface area contributed by atoms with E-state index >= 15 is 0 Å². The molecular formula is C33H31ClN4O3. The van der Waals surface area contributed by atoms with Crippen LogP contribution in [0.4, 0.5) is 5.69 Å². The summed E-state index contributed by atoms with van der Waals surface area (Å²) in [6.07, 6.45) is 5.70. The lowest BCUT2D eigenvalue weighted by molar-refractivity contribution is 0.0696. The Morgan fingerprint density at radius 2 is 1.66 bits per heavy atom. The van der Waals surface area contributed by atoms with Gasteiger partial charge in [-0.1, -0.05) is 36.9 Å². The summed E-state index contributed by atoms with van der Waals surface area (Å²) in [7, 11) is 0. The molecule has 0 atom stereocenters. The molecule has 1 aliphatic carbocycles. The number of halogens is 1. The van der Waals surface area contributed by atoms with Gasteiger partial charge in [-0.15, -0.1) is 0 Å². The fraction of sp³-hybridized carbons (Fsp3) is 0.273. The quantitative estimate of drug-likeness (QED) is 0.224. The Morgan fingerprint density at radius 3 is 2.37 bits per heavy atom. The van der Waals surface area contributed by atoms with E-state index in [1.807, 2.05) is 50.2 Å². The maximum absolute atomic E-state index is 13.6. The number of carboxylic acids is 1. The highest BCUT2D eigenvalue weighted by molar-refractivity contribution is 6.30. The van der Waals surface area contributed by atoms with Gasteiger partial charge in [0.1, 0.15) is 11.5 Å². The largest absolute Gasteiger partial charge is 0.478 e. The van der Waals surface area contributed by atoms with Crippen LogP contribution in [0.2, 0.25) is 5.02 Å². The molecule has 0 bridgehead atoms. The summed E-state index contributed by atoms with van der Waals surface area (Å²) < 4.78 is 2.29. The van der Waals surface area contributed by atoms with Crippen LogP contribution in [-0.2, 0) is 0 Å². The molecule has 208 valence electrons. The third-order valence-electron chi connectivity index (χ3n) is 7.88. The number of carboxylic acid groups (broad SMARTS) is 1. The van der Waals surface area contributed by atoms with Crippen molar-refractivity contribution in [2.75, 3.05) is 4.90 Å². The molecular weight excluding hydrogens is 536 g/mol. The number of aromatic nitrogens is 3. The number of nitrogens with zero attached hydrogens (tertiary/aromatic N) is 4. The number of anilines is 1. The van der Waals surface area contributed by atoms with E-state index in [2.05, 4.69) is 10.6 Å². The van der Waals surface area contributed by atoms with Crippen molar-refractivity contribution in [3.63, 3.8) is 0 Å². The van der Waals surface area contributed by atoms with Crippen LogP contribution in [-0.4, -0.2) is 37.6 Å². The Hall–Kier alpha value is -4.23. The summed E-state index contributed by atoms with van der Waals surface area (Å²) in [5, 5.41) is 11.0. The minimum atomic E-state index is -0.963. The van der Waals surface area contributed by atoms with Gasteiger partial charge in [0.05, 0.1) is 22.1 Å². The third-order valence-corrected chi connectivity index (χ3v) is 8.13. The van der Waals surface area contributed by atoms with Crippen molar-refractivity contribution >= 4 is 51.1 Å². The maximum Gasteiger partial charge on any atom is 0.335 e. The number of carbonyl (C=O) groups excluding carboxylic acids is 1. The first-order valence-electron chi connectivity index (χ1n) is 14.1. The molecule has 0 spiro atoms. The highest BCUT2D eigenvalue weighted by atomic mass is 35.5. The number of carbonyl (C=O) groups is 2. The molecule has 7 nitrogen and oxygen atoms in total. The monoisotopic (exact) mass is 566 g/mol. The summed E-state index contributed by atoms with van der Waals surface area (Å²) in [5.41, 5.74) is 4.64. The van der Waals surface area contributed by atoms with Crippen molar-refractivity contribution in [1.82, 2.24) is 14.5 Å². The van der Waals surface area contributed by atoms with Gasteiger partial charge in [0.25, 0.3) is 5.91 Å². The Balaban J connectivity index is 1.40. The molecule has 6 rings (SSSR count). The van der Waals surface area contributed by atoms with Crippen molar-refractivity contribution in [3.05, 3.63) is 89.1 Å². The van der Waals surface area contributed by atoms with Gasteiger partial charge in [-0.05, 0) is 93.4 Å². The molecule has 3 aromatic carbocycles. The third kappa shape index (κ3) is 5.18. The summed E-state index contributed by atoms with van der Waals surface area (Å²) in [6, 6.07) is 22.3. The minimum absolute atomic E-state index is 0.0713. The number of hydrogen-bond donors (Lipinski definition) is 1. The molecule has 0 saturated heterocycles. The molecule has 1 saturated carbocycles. The molecule has 0 aliphatic heterocycles. The van der Waals surface area contributed by atoms with Crippen LogP contribution in [0.3, 0.4) is 0 Å². The van der Waals surface area contributed by atoms with E-state index in [0.29, 0.717) is 27.8 Å². The van der Waals surface area contributed by atoms with E-state index in [9.17, 15) is 14.7 Å². The predicted octanol–water partition coefficient (Wildman–Crippen LogP) is 8.16. The number of rotatable bonds is 6. The highest BCUT2D eigenvalue weighted by Gasteiger charge is 2.25. The summed E-state index contributed by atoms with van der Waals surface area (Å²) in [6.45, 7) is 3.94. The van der Waals surface area contributed by atoms with Crippen molar-refractivity contribution in [2.24, 2.45) is 0 Å². The molecule has 5 aromatic rings. The highest BCUT2D eigenvalue weighted by Crippen LogP contribution is 2.37. The molecule has 1 amide bonds. The van der Waals surface area contributed by atoms with Gasteiger partial charge < -0.3 is 14.6 Å². The normalized spacial score (nSPS) is 14.1. The van der Waals surface area contributed by atoms with Crippen molar-refractivity contribution in [1.29, 1.82) is 0 Å². The van der Waals surface area contributed by atoms with E-state index in [1.54, 1.807) is 35.2 Å². The van der Waals surface area contributed by atoms with Gasteiger partial charge in [-0.2, -0.15) is 0 Å². The summed E-state index contributed by atoms with van der Waals surface area (Å²) in [4.78, 5) is 36.6. The average Bonchev–Trinajstić information content (AvgIpc) is 3.37. The van der Waals surface area contributed by atoms with Gasteiger partial charge in [-0.25, -0.2) is 14.8 Å². The van der Waals surface area contributed by atoms with Gasteiger partial charge in [0.2, 0.25) is 0 Å². The first-order valence-corrected chi connectivity index (χ1v) is 14.4. The van der Waals surface area contributed by atoms with Crippen LogP contribution < -0.4 is 4.90 Å². The second kappa shape index (κ2) is 11.0. The average molecular weight is 567 g/mol. The van der Waals surface area contributed by atoms with Crippen molar-refractivity contribution < 1.29 is 14.7 Å². The number of pyridine rings is 1. The lowest BCUT2D eigenvalue weighted by Crippen LogP contribution is -2.37. The van der Waals surface area contributed by atoms with Crippen LogP contribution in [0.1, 0.15) is 72.8 Å². The molecule has 2 heterocycles. The van der Waals surface area contributed by atoms with Crippen LogP contribution in [0.5, 0.6) is 0 Å². The fourth-order valence-corrected chi connectivity index (χ4v) is 6.03. The second-order valence-electron chi connectivity index (χ2n) is 11.0. The number of benzene rings is 3. The predicted molar refractivity (Wildman–Crippen MR) is 163 cm³/mol. The van der Waals surface area contributed by atoms with Crippen molar-refractivity contribution in [3.8, 4) is 11.4 Å². The minimum Gasteiger partial charge on any atom is -0.478 e. The zero-order valence-corrected chi connectivity index (χ0v) is 23.8. The lowest BCUT2D eigenvalue weighted by atomic mass is 9.94. The van der Waals surface area contributed by atoms with E-state index in [4.69, 9.17) is 21.6 Å². The van der Waals surface area contributed by atoms with Gasteiger partial charge in [-0.3, -0.25) is 4.79 Å². The number of imidazole rings is 1. The Morgan fingerprint density at radius 1 is 0.902 bits per heavy atom. The number of amides is 1. The molecule has 1 fully saturated rings. The van der Waals surface area contributed by atoms with Gasteiger partial charge >= 0.3 is 5.97 Å². The van der Waals surface area contributed by atoms with E-state index in [-0.39, 0.29) is 17.5 Å². The van der Waals surface area contributed by atoms with Gasteiger partial charge in [0, 0.05) is 33.7 Å². The van der Waals surface area contributed by atoms with E-state index in [0.717, 1.165) is 40.8 Å². The zero-order valence-electron chi connectivity index (χ0n) is 23.0. The lowest BCUT2D eigenvalue weighted by Gasteiger charge is -2.27. The number of aromatic carboxylic acids is 1. The maximum atomic E-state index is 13.6. The van der Waals surface area contributed by atoms with Crippen LogP contribution in [0.25, 0.3) is 33.3 Å². The van der Waals surface area contributed by atoms with Crippen LogP contribution in [0.15, 0.2) is 72.8 Å². The SMILES string of the molecule is CC(C)N(C(=O)c1ccc2cc(-c3nc4cc(C(=O)O)ccc4n3C3CCCCC3)ccc2n1)c1ccc(Cl)cc1. The Bertz CT molecular complexity index is 1770. The molecule has 41 heavy (non-hydrogen) atoms. The van der Waals surface area contributed by atoms with E-state index < -0.39 is 5.97 Å². The topological polar surface area (TPSA) is 88.3 Å². The molecule has 1 aliphatic rings. The number of fused-ring (bicyclic) bond motifs is 2. The van der Waals surface area contributed by atoms with Crippen LogP contribution >= 0.6 is 11.6 Å². The second-order valence-corrected chi connectivity index (χ2v) is 11.4. The standard InChI is InChI=1S/C33H31ClN4O3/c1-20(2)37(26-13-11-24(34)12-14-26)32(39)28-16-8-21-18-22(9-15-27(21)35-28)31-36-29-19-23(33(40)41)10-17-30(29)38(31)25-6-4-3-5-7-25/h8-20,25H,3-7H2,1-2H3,(H,40,41). The summed E-state index contributed by atoms with van der Waals surface area (Å²) >= 11 is 6.07. The smallest absolute Gasteiger partial charge is 0.335 e. The Kier molecular flexibility index (Phi) is 7.22. The molecule has 1 N–H and O–H groups in total. The first kappa shape index (κ1) is 27.0. The molecule has 0 unspecified atom stereocenters. The molecule has 2 aromatic heterocycles. The molecule has 8 heteroatoms. The van der Waals surface area contributed by atoms with Crippen LogP contribution in [0, 0.1) is 0 Å². The molecule has 0 radical (unpaired) electrons. The fourth-order valence-electron chi connectivity index (χ4n) is 5.90. The van der Waals surface area contributed by atoms with Gasteiger partial charge in [0.15, 0.2) is 0 Å². The zero-order chi connectivity index (χ0) is 28.7.